The van der Waals surface area contributed by atoms with Crippen molar-refractivity contribution in [1.29, 1.82) is 0 Å². The molecule has 17 heavy (non-hydrogen) atoms. The van der Waals surface area contributed by atoms with Gasteiger partial charge in [-0.25, -0.2) is 19.0 Å². The van der Waals surface area contributed by atoms with E-state index < -0.39 is 10.0 Å². The third-order valence-corrected chi connectivity index (χ3v) is 4.39. The summed E-state index contributed by atoms with van der Waals surface area (Å²) >= 11 is 1.34. The molecule has 0 aliphatic heterocycles. The number of hydrogen-bond donors (Lipinski definition) is 3. The molecule has 2 rings (SSSR count). The van der Waals surface area contributed by atoms with E-state index in [9.17, 15) is 8.42 Å². The molecule has 0 saturated heterocycles. The van der Waals surface area contributed by atoms with Crippen molar-refractivity contribution in [1.82, 2.24) is 14.1 Å². The fourth-order valence-electron chi connectivity index (χ4n) is 1.42. The van der Waals surface area contributed by atoms with E-state index in [2.05, 4.69) is 15.1 Å². The van der Waals surface area contributed by atoms with Gasteiger partial charge in [0, 0.05) is 18.1 Å². The molecule has 0 fully saturated rings. The molecule has 0 saturated carbocycles. The van der Waals surface area contributed by atoms with Crippen LogP contribution in [0.1, 0.15) is 13.3 Å². The van der Waals surface area contributed by atoms with Crippen LogP contribution in [0.4, 0.5) is 5.82 Å². The van der Waals surface area contributed by atoms with E-state index >= 15 is 0 Å². The summed E-state index contributed by atoms with van der Waals surface area (Å²) in [6.45, 7) is 2.27. The predicted molar refractivity (Wildman–Crippen MR) is 66.4 cm³/mol. The standard InChI is InChI=1S/C8H13N5O2S2/c1-2-3-10-17(14,15)7-6(12-9)11-8-13(7)4-5-16-8/h4-5,10,12H,2-3,9H2,1H3. The number of thiazole rings is 1. The van der Waals surface area contributed by atoms with Crippen LogP contribution in [-0.2, 0) is 10.0 Å². The largest absolute Gasteiger partial charge is 0.306 e. The average molecular weight is 275 g/mol. The first-order valence-corrected chi connectivity index (χ1v) is 7.38. The van der Waals surface area contributed by atoms with Crippen molar-refractivity contribution < 1.29 is 8.42 Å². The molecule has 2 heterocycles. The highest BCUT2D eigenvalue weighted by molar-refractivity contribution is 7.89. The lowest BCUT2D eigenvalue weighted by atomic mass is 10.5. The molecule has 0 aliphatic rings. The maximum atomic E-state index is 12.1. The third kappa shape index (κ3) is 2.14. The van der Waals surface area contributed by atoms with Crippen LogP contribution < -0.4 is 16.0 Å². The number of aromatic nitrogens is 2. The molecule has 0 unspecified atom stereocenters. The molecule has 0 aliphatic carbocycles. The van der Waals surface area contributed by atoms with E-state index in [-0.39, 0.29) is 10.8 Å². The molecular weight excluding hydrogens is 262 g/mol. The molecule has 4 N–H and O–H groups in total. The Morgan fingerprint density at radius 1 is 1.59 bits per heavy atom. The minimum Gasteiger partial charge on any atom is -0.306 e. The highest BCUT2D eigenvalue weighted by atomic mass is 32.2. The van der Waals surface area contributed by atoms with Crippen molar-refractivity contribution in [2.24, 2.45) is 5.84 Å². The second-order valence-corrected chi connectivity index (χ2v) is 5.92. The van der Waals surface area contributed by atoms with E-state index in [1.54, 1.807) is 11.6 Å². The lowest BCUT2D eigenvalue weighted by Crippen LogP contribution is -2.27. The number of imidazole rings is 1. The van der Waals surface area contributed by atoms with Crippen LogP contribution in [0.15, 0.2) is 16.6 Å². The maximum Gasteiger partial charge on any atom is 0.260 e. The van der Waals surface area contributed by atoms with Gasteiger partial charge in [0.1, 0.15) is 0 Å². The molecular formula is C8H13N5O2S2. The van der Waals surface area contributed by atoms with Gasteiger partial charge in [-0.2, -0.15) is 4.98 Å². The summed E-state index contributed by atoms with van der Waals surface area (Å²) in [6.07, 6.45) is 2.37. The van der Waals surface area contributed by atoms with E-state index in [1.807, 2.05) is 6.92 Å². The van der Waals surface area contributed by atoms with Crippen LogP contribution in [0.2, 0.25) is 0 Å². The first-order chi connectivity index (χ1) is 8.10. The van der Waals surface area contributed by atoms with Crippen molar-refractivity contribution in [3.05, 3.63) is 11.6 Å². The highest BCUT2D eigenvalue weighted by Crippen LogP contribution is 2.24. The van der Waals surface area contributed by atoms with Gasteiger partial charge >= 0.3 is 0 Å². The van der Waals surface area contributed by atoms with Crippen molar-refractivity contribution in [3.63, 3.8) is 0 Å². The van der Waals surface area contributed by atoms with Crippen molar-refractivity contribution in [2.75, 3.05) is 12.0 Å². The third-order valence-electron chi connectivity index (χ3n) is 2.15. The number of nitrogens with two attached hydrogens (primary N) is 1. The number of rotatable bonds is 5. The normalized spacial score (nSPS) is 12.1. The highest BCUT2D eigenvalue weighted by Gasteiger charge is 2.24. The molecule has 0 radical (unpaired) electrons. The fourth-order valence-corrected chi connectivity index (χ4v) is 3.57. The molecule has 0 bridgehead atoms. The van der Waals surface area contributed by atoms with Gasteiger partial charge in [0.05, 0.1) is 0 Å². The number of anilines is 1. The van der Waals surface area contributed by atoms with E-state index in [0.717, 1.165) is 6.42 Å². The van der Waals surface area contributed by atoms with Gasteiger partial charge < -0.3 is 5.43 Å². The molecule has 0 spiro atoms. The summed E-state index contributed by atoms with van der Waals surface area (Å²) in [5.74, 6) is 5.44. The Labute approximate surface area is 103 Å². The Balaban J connectivity index is 2.55. The maximum absolute atomic E-state index is 12.1. The van der Waals surface area contributed by atoms with Gasteiger partial charge in [-0.3, -0.25) is 4.40 Å². The molecule has 7 nitrogen and oxygen atoms in total. The monoisotopic (exact) mass is 275 g/mol. The topological polar surface area (TPSA) is 102 Å². The Kier molecular flexibility index (Phi) is 3.33. The van der Waals surface area contributed by atoms with Gasteiger partial charge in [-0.15, -0.1) is 11.3 Å². The molecule has 2 aromatic heterocycles. The number of hydrogen-bond acceptors (Lipinski definition) is 6. The molecule has 0 aromatic carbocycles. The zero-order chi connectivity index (χ0) is 12.5. The predicted octanol–water partition coefficient (Wildman–Crippen LogP) is 0.370. The second kappa shape index (κ2) is 4.61. The van der Waals surface area contributed by atoms with Crippen LogP contribution >= 0.6 is 11.3 Å². The van der Waals surface area contributed by atoms with Crippen molar-refractivity contribution >= 4 is 32.1 Å². The number of hydrazine groups is 1. The summed E-state index contributed by atoms with van der Waals surface area (Å²) < 4.78 is 28.1. The van der Waals surface area contributed by atoms with Crippen LogP contribution in [0.3, 0.4) is 0 Å². The summed E-state index contributed by atoms with van der Waals surface area (Å²) in [7, 11) is -3.60. The van der Waals surface area contributed by atoms with Crippen LogP contribution in [0.25, 0.3) is 4.96 Å². The fraction of sp³-hybridized carbons (Fsp3) is 0.375. The summed E-state index contributed by atoms with van der Waals surface area (Å²) in [5.41, 5.74) is 2.31. The molecule has 9 heteroatoms. The Bertz CT molecular complexity index is 615. The van der Waals surface area contributed by atoms with Gasteiger partial charge in [-0.05, 0) is 6.42 Å². The average Bonchev–Trinajstić information content (AvgIpc) is 2.84. The van der Waals surface area contributed by atoms with E-state index in [4.69, 9.17) is 5.84 Å². The number of nitrogens with zero attached hydrogens (tertiary/aromatic N) is 2. The number of fused-ring (bicyclic) bond motifs is 1. The smallest absolute Gasteiger partial charge is 0.260 e. The zero-order valence-electron chi connectivity index (χ0n) is 9.17. The van der Waals surface area contributed by atoms with Gasteiger partial charge in [0.2, 0.25) is 5.03 Å². The van der Waals surface area contributed by atoms with Gasteiger partial charge in [0.15, 0.2) is 10.8 Å². The zero-order valence-corrected chi connectivity index (χ0v) is 10.8. The first-order valence-electron chi connectivity index (χ1n) is 5.02. The summed E-state index contributed by atoms with van der Waals surface area (Å²) in [6, 6.07) is 0. The van der Waals surface area contributed by atoms with Crippen LogP contribution in [-0.4, -0.2) is 24.3 Å². The van der Waals surface area contributed by atoms with Crippen LogP contribution in [0, 0.1) is 0 Å². The van der Waals surface area contributed by atoms with Gasteiger partial charge in [-0.1, -0.05) is 6.92 Å². The minimum absolute atomic E-state index is 0.0460. The molecule has 0 amide bonds. The number of nitrogen functional groups attached to an aromatic ring is 1. The summed E-state index contributed by atoms with van der Waals surface area (Å²) in [5, 5.41) is 1.81. The second-order valence-electron chi connectivity index (χ2n) is 3.36. The number of sulfonamides is 1. The molecule has 0 atom stereocenters. The Morgan fingerprint density at radius 2 is 2.35 bits per heavy atom. The Morgan fingerprint density at radius 3 is 3.00 bits per heavy atom. The lowest BCUT2D eigenvalue weighted by Gasteiger charge is -2.06. The Hall–Kier alpha value is -1.16. The number of nitrogens with one attached hydrogen (secondary N) is 2. The van der Waals surface area contributed by atoms with Gasteiger partial charge in [0.25, 0.3) is 10.0 Å². The molecule has 94 valence electrons. The van der Waals surface area contributed by atoms with Crippen molar-refractivity contribution in [3.8, 4) is 0 Å². The quantitative estimate of drug-likeness (QED) is 0.540. The minimum atomic E-state index is -3.60. The molecule has 2 aromatic rings. The summed E-state index contributed by atoms with van der Waals surface area (Å²) in [4.78, 5) is 4.67. The lowest BCUT2D eigenvalue weighted by molar-refractivity contribution is 0.576. The van der Waals surface area contributed by atoms with E-state index in [0.29, 0.717) is 11.5 Å². The first kappa shape index (κ1) is 12.3. The van der Waals surface area contributed by atoms with Crippen LogP contribution in [0.5, 0.6) is 0 Å². The SMILES string of the molecule is CCCNS(=O)(=O)c1c(NN)nc2sccn12. The van der Waals surface area contributed by atoms with Crippen molar-refractivity contribution in [2.45, 2.75) is 18.4 Å². The van der Waals surface area contributed by atoms with E-state index in [1.165, 1.54) is 15.7 Å².